The number of nitrogens with one attached hydrogen (secondary N) is 1. The highest BCUT2D eigenvalue weighted by Crippen LogP contribution is 2.27. The fraction of sp³-hybridized carbons (Fsp3) is 0.500. The molecule has 2 aromatic rings. The van der Waals surface area contributed by atoms with Crippen LogP contribution in [-0.4, -0.2) is 31.7 Å². The highest BCUT2D eigenvalue weighted by Gasteiger charge is 2.40. The second-order valence-electron chi connectivity index (χ2n) is 6.77. The van der Waals surface area contributed by atoms with Gasteiger partial charge < -0.3 is 10.4 Å². The summed E-state index contributed by atoms with van der Waals surface area (Å²) in [7, 11) is 1.66. The number of para-hydroxylation sites is 2. The summed E-state index contributed by atoms with van der Waals surface area (Å²) in [4.78, 5) is 36.8. The van der Waals surface area contributed by atoms with E-state index in [1.165, 1.54) is 9.13 Å². The minimum atomic E-state index is -1.22. The van der Waals surface area contributed by atoms with Crippen molar-refractivity contribution in [3.8, 4) is 0 Å². The average molecular weight is 345 g/mol. The summed E-state index contributed by atoms with van der Waals surface area (Å²) in [5, 5.41) is 12.4. The van der Waals surface area contributed by atoms with E-state index in [9.17, 15) is 19.5 Å². The lowest BCUT2D eigenvalue weighted by Gasteiger charge is -2.29. The van der Waals surface area contributed by atoms with Crippen molar-refractivity contribution in [3.63, 3.8) is 0 Å². The number of amides is 1. The maximum atomic E-state index is 12.6. The van der Waals surface area contributed by atoms with Crippen LogP contribution in [0.15, 0.2) is 29.1 Å². The molecular formula is C18H23N3O4. The van der Waals surface area contributed by atoms with Crippen LogP contribution in [0.25, 0.3) is 11.0 Å². The van der Waals surface area contributed by atoms with Crippen LogP contribution in [0.1, 0.15) is 38.5 Å². The lowest BCUT2D eigenvalue weighted by atomic mass is 9.90. The summed E-state index contributed by atoms with van der Waals surface area (Å²) in [5.74, 6) is -1.43. The number of carboxylic acids is 1. The molecule has 0 spiro atoms. The molecule has 1 fully saturated rings. The van der Waals surface area contributed by atoms with Crippen LogP contribution in [0.5, 0.6) is 0 Å². The van der Waals surface area contributed by atoms with Crippen molar-refractivity contribution in [1.29, 1.82) is 0 Å². The standard InChI is InChI=1S/C18H23N3O4/c1-20-13-8-4-5-9-14(13)21(17(20)25)12-15(22)19-18(16(23)24)10-6-2-3-7-11-18/h4-5,8-9H,2-3,6-7,10-12H2,1H3,(H,19,22)(H,23,24). The van der Waals surface area contributed by atoms with Gasteiger partial charge in [-0.2, -0.15) is 0 Å². The lowest BCUT2D eigenvalue weighted by molar-refractivity contribution is -0.148. The number of carbonyl (C=O) groups excluding carboxylic acids is 1. The zero-order valence-corrected chi connectivity index (χ0v) is 14.3. The molecule has 25 heavy (non-hydrogen) atoms. The molecule has 1 aromatic heterocycles. The molecule has 1 saturated carbocycles. The Bertz CT molecular complexity index is 857. The number of hydrogen-bond donors (Lipinski definition) is 2. The van der Waals surface area contributed by atoms with Gasteiger partial charge in [-0.15, -0.1) is 0 Å². The molecule has 0 bridgehead atoms. The predicted octanol–water partition coefficient (Wildman–Crippen LogP) is 1.63. The van der Waals surface area contributed by atoms with E-state index in [1.54, 1.807) is 19.2 Å². The topological polar surface area (TPSA) is 93.3 Å². The molecule has 1 aliphatic carbocycles. The van der Waals surface area contributed by atoms with Gasteiger partial charge in [0.2, 0.25) is 5.91 Å². The van der Waals surface area contributed by atoms with E-state index >= 15 is 0 Å². The molecule has 0 radical (unpaired) electrons. The maximum absolute atomic E-state index is 12.6. The number of carboxylic acid groups (broad SMARTS) is 1. The molecule has 1 aliphatic rings. The fourth-order valence-electron chi connectivity index (χ4n) is 3.69. The summed E-state index contributed by atoms with van der Waals surface area (Å²) in [6.45, 7) is -0.185. The number of hydrogen-bond acceptors (Lipinski definition) is 3. The van der Waals surface area contributed by atoms with Crippen molar-refractivity contribution in [2.45, 2.75) is 50.6 Å². The molecule has 0 unspecified atom stereocenters. The van der Waals surface area contributed by atoms with E-state index in [1.807, 2.05) is 12.1 Å². The number of benzene rings is 1. The maximum Gasteiger partial charge on any atom is 0.329 e. The molecule has 3 rings (SSSR count). The van der Waals surface area contributed by atoms with Gasteiger partial charge in [-0.25, -0.2) is 9.59 Å². The van der Waals surface area contributed by atoms with E-state index in [0.717, 1.165) is 31.2 Å². The van der Waals surface area contributed by atoms with Crippen LogP contribution in [0.3, 0.4) is 0 Å². The van der Waals surface area contributed by atoms with E-state index in [0.29, 0.717) is 18.4 Å². The van der Waals surface area contributed by atoms with Gasteiger partial charge in [0.25, 0.3) is 0 Å². The first-order valence-electron chi connectivity index (χ1n) is 8.63. The van der Waals surface area contributed by atoms with Gasteiger partial charge in [0.15, 0.2) is 0 Å². The van der Waals surface area contributed by atoms with Crippen molar-refractivity contribution >= 4 is 22.9 Å². The Morgan fingerprint density at radius 3 is 2.32 bits per heavy atom. The number of nitrogens with zero attached hydrogens (tertiary/aromatic N) is 2. The third kappa shape index (κ3) is 3.18. The first kappa shape index (κ1) is 17.3. The van der Waals surface area contributed by atoms with Gasteiger partial charge in [-0.3, -0.25) is 13.9 Å². The smallest absolute Gasteiger partial charge is 0.329 e. The Morgan fingerprint density at radius 1 is 1.12 bits per heavy atom. The summed E-state index contributed by atoms with van der Waals surface area (Å²) in [6.07, 6.45) is 4.37. The van der Waals surface area contributed by atoms with Gasteiger partial charge in [0.05, 0.1) is 11.0 Å². The number of aryl methyl sites for hydroxylation is 1. The van der Waals surface area contributed by atoms with Crippen LogP contribution in [0.2, 0.25) is 0 Å². The van der Waals surface area contributed by atoms with Gasteiger partial charge in [0, 0.05) is 7.05 Å². The minimum absolute atomic E-state index is 0.185. The predicted molar refractivity (Wildman–Crippen MR) is 93.4 cm³/mol. The largest absolute Gasteiger partial charge is 0.480 e. The quantitative estimate of drug-likeness (QED) is 0.824. The Labute approximate surface area is 145 Å². The van der Waals surface area contributed by atoms with Crippen molar-refractivity contribution in [2.24, 2.45) is 7.05 Å². The molecule has 1 aromatic carbocycles. The zero-order valence-electron chi connectivity index (χ0n) is 14.3. The van der Waals surface area contributed by atoms with Crippen molar-refractivity contribution < 1.29 is 14.7 Å². The Morgan fingerprint density at radius 2 is 1.72 bits per heavy atom. The van der Waals surface area contributed by atoms with Crippen LogP contribution < -0.4 is 11.0 Å². The van der Waals surface area contributed by atoms with Crippen LogP contribution in [-0.2, 0) is 23.2 Å². The second-order valence-corrected chi connectivity index (χ2v) is 6.77. The molecule has 2 N–H and O–H groups in total. The summed E-state index contributed by atoms with van der Waals surface area (Å²) < 4.78 is 2.87. The first-order valence-corrected chi connectivity index (χ1v) is 8.63. The van der Waals surface area contributed by atoms with Gasteiger partial charge in [-0.1, -0.05) is 37.8 Å². The van der Waals surface area contributed by atoms with Gasteiger partial charge in [-0.05, 0) is 25.0 Å². The molecule has 0 aliphatic heterocycles. The molecule has 1 amide bonds. The number of imidazole rings is 1. The number of carbonyl (C=O) groups is 2. The van der Waals surface area contributed by atoms with E-state index in [-0.39, 0.29) is 12.2 Å². The Hall–Kier alpha value is -2.57. The van der Waals surface area contributed by atoms with Gasteiger partial charge >= 0.3 is 11.7 Å². The second kappa shape index (κ2) is 6.74. The third-order valence-electron chi connectivity index (χ3n) is 5.10. The molecule has 1 heterocycles. The van der Waals surface area contributed by atoms with Crippen molar-refractivity contribution in [1.82, 2.24) is 14.5 Å². The van der Waals surface area contributed by atoms with E-state index in [2.05, 4.69) is 5.32 Å². The number of aromatic nitrogens is 2. The van der Waals surface area contributed by atoms with Crippen LogP contribution >= 0.6 is 0 Å². The third-order valence-corrected chi connectivity index (χ3v) is 5.10. The molecular weight excluding hydrogens is 322 g/mol. The Balaban J connectivity index is 1.86. The monoisotopic (exact) mass is 345 g/mol. The Kier molecular flexibility index (Phi) is 4.65. The van der Waals surface area contributed by atoms with Crippen molar-refractivity contribution in [3.05, 3.63) is 34.7 Å². The normalized spacial score (nSPS) is 17.2. The summed E-state index contributed by atoms with van der Waals surface area (Å²) in [5.41, 5.74) is -0.110. The van der Waals surface area contributed by atoms with Crippen LogP contribution in [0, 0.1) is 0 Å². The lowest BCUT2D eigenvalue weighted by Crippen LogP contribution is -2.55. The molecule has 7 heteroatoms. The van der Waals surface area contributed by atoms with Crippen molar-refractivity contribution in [2.75, 3.05) is 0 Å². The summed E-state index contributed by atoms with van der Waals surface area (Å²) >= 11 is 0. The van der Waals surface area contributed by atoms with E-state index in [4.69, 9.17) is 0 Å². The number of rotatable bonds is 4. The molecule has 0 atom stereocenters. The molecule has 7 nitrogen and oxygen atoms in total. The van der Waals surface area contributed by atoms with E-state index < -0.39 is 17.4 Å². The van der Waals surface area contributed by atoms with Gasteiger partial charge in [0.1, 0.15) is 12.1 Å². The highest BCUT2D eigenvalue weighted by molar-refractivity contribution is 5.88. The fourth-order valence-corrected chi connectivity index (χ4v) is 3.69. The average Bonchev–Trinajstić information content (AvgIpc) is 2.76. The highest BCUT2D eigenvalue weighted by atomic mass is 16.4. The SMILES string of the molecule is Cn1c(=O)n(CC(=O)NC2(C(=O)O)CCCCCC2)c2ccccc21. The number of aliphatic carboxylic acids is 1. The number of fused-ring (bicyclic) bond motifs is 1. The first-order chi connectivity index (χ1) is 11.9. The zero-order chi connectivity index (χ0) is 18.0. The summed E-state index contributed by atoms with van der Waals surface area (Å²) in [6, 6.07) is 7.23. The van der Waals surface area contributed by atoms with Crippen LogP contribution in [0.4, 0.5) is 0 Å². The molecule has 0 saturated heterocycles. The minimum Gasteiger partial charge on any atom is -0.480 e. The molecule has 134 valence electrons.